The van der Waals surface area contributed by atoms with Crippen LogP contribution in [0.5, 0.6) is 0 Å². The summed E-state index contributed by atoms with van der Waals surface area (Å²) >= 11 is 0. The van der Waals surface area contributed by atoms with Crippen molar-refractivity contribution in [3.05, 3.63) is 36.2 Å². The molecule has 0 aliphatic heterocycles. The van der Waals surface area contributed by atoms with Gasteiger partial charge in [0.25, 0.3) is 0 Å². The van der Waals surface area contributed by atoms with Crippen molar-refractivity contribution in [1.82, 2.24) is 9.61 Å². The number of rotatable bonds is 3. The predicted molar refractivity (Wildman–Crippen MR) is 62.2 cm³/mol. The van der Waals surface area contributed by atoms with Crippen LogP contribution < -0.4 is 0 Å². The van der Waals surface area contributed by atoms with E-state index in [1.807, 2.05) is 24.4 Å². The Bertz CT molecular complexity index is 572. The first-order chi connectivity index (χ1) is 7.83. The molecule has 2 rings (SSSR count). The van der Waals surface area contributed by atoms with Gasteiger partial charge in [-0.3, -0.25) is 4.79 Å². The minimum Gasteiger partial charge on any atom is -0.294 e. The van der Waals surface area contributed by atoms with E-state index < -0.39 is 0 Å². The topological polar surface area (TPSA) is 34.4 Å². The molecule has 0 N–H and O–H groups in total. The Balaban J connectivity index is 2.25. The maximum Gasteiger partial charge on any atom is 0.167 e. The Labute approximate surface area is 94.1 Å². The second kappa shape index (κ2) is 4.63. The lowest BCUT2D eigenvalue weighted by atomic mass is 10.1. The molecule has 0 fully saturated rings. The molecule has 0 saturated carbocycles. The van der Waals surface area contributed by atoms with E-state index >= 15 is 0 Å². The van der Waals surface area contributed by atoms with Gasteiger partial charge >= 0.3 is 0 Å². The van der Waals surface area contributed by atoms with Gasteiger partial charge in [-0.25, -0.2) is 4.52 Å². The molecular formula is C13H12N2O. The summed E-state index contributed by atoms with van der Waals surface area (Å²) < 4.78 is 1.71. The first kappa shape index (κ1) is 10.4. The van der Waals surface area contributed by atoms with E-state index in [4.69, 9.17) is 0 Å². The van der Waals surface area contributed by atoms with Gasteiger partial charge in [-0.1, -0.05) is 6.07 Å². The molecule has 16 heavy (non-hydrogen) atoms. The van der Waals surface area contributed by atoms with E-state index in [1.54, 1.807) is 17.6 Å². The SMILES string of the molecule is CC#CCCC(=O)c1cnn2ccccc12. The number of carbonyl (C=O) groups excluding carboxylic acids is 1. The first-order valence-corrected chi connectivity index (χ1v) is 5.18. The van der Waals surface area contributed by atoms with Crippen molar-refractivity contribution in [3.8, 4) is 11.8 Å². The first-order valence-electron chi connectivity index (χ1n) is 5.18. The van der Waals surface area contributed by atoms with Gasteiger partial charge in [0.15, 0.2) is 5.78 Å². The summed E-state index contributed by atoms with van der Waals surface area (Å²) in [5.74, 6) is 5.77. The highest BCUT2D eigenvalue weighted by Gasteiger charge is 2.10. The normalized spacial score (nSPS) is 9.81. The molecule has 0 saturated heterocycles. The monoisotopic (exact) mass is 212 g/mol. The van der Waals surface area contributed by atoms with Crippen LogP contribution in [0.15, 0.2) is 30.6 Å². The number of fused-ring (bicyclic) bond motifs is 1. The third-order valence-corrected chi connectivity index (χ3v) is 2.38. The van der Waals surface area contributed by atoms with Crippen LogP contribution in [0, 0.1) is 11.8 Å². The zero-order chi connectivity index (χ0) is 11.4. The van der Waals surface area contributed by atoms with E-state index in [-0.39, 0.29) is 5.78 Å². The minimum atomic E-state index is 0.101. The minimum absolute atomic E-state index is 0.101. The molecule has 2 aromatic rings. The number of nitrogens with zero attached hydrogens (tertiary/aromatic N) is 2. The standard InChI is InChI=1S/C13H12N2O/c1-2-3-4-8-13(16)11-10-14-15-9-6-5-7-12(11)15/h5-7,9-10H,4,8H2,1H3. The molecule has 0 bridgehead atoms. The Kier molecular flexibility index (Phi) is 3.02. The van der Waals surface area contributed by atoms with Gasteiger partial charge < -0.3 is 0 Å². The third-order valence-electron chi connectivity index (χ3n) is 2.38. The van der Waals surface area contributed by atoms with Crippen molar-refractivity contribution in [2.75, 3.05) is 0 Å². The Hall–Kier alpha value is -2.08. The lowest BCUT2D eigenvalue weighted by Gasteiger charge is -1.95. The highest BCUT2D eigenvalue weighted by molar-refractivity contribution is 6.02. The van der Waals surface area contributed by atoms with Crippen LogP contribution in [-0.4, -0.2) is 15.4 Å². The van der Waals surface area contributed by atoms with Crippen molar-refractivity contribution >= 4 is 11.3 Å². The van der Waals surface area contributed by atoms with E-state index in [2.05, 4.69) is 16.9 Å². The molecule has 0 unspecified atom stereocenters. The molecule has 0 aromatic carbocycles. The maximum atomic E-state index is 11.9. The summed E-state index contributed by atoms with van der Waals surface area (Å²) in [6.07, 6.45) is 4.52. The van der Waals surface area contributed by atoms with Gasteiger partial charge in [0.05, 0.1) is 17.3 Å². The zero-order valence-corrected chi connectivity index (χ0v) is 9.10. The molecule has 0 aliphatic carbocycles. The molecule has 0 spiro atoms. The molecule has 0 radical (unpaired) electrons. The van der Waals surface area contributed by atoms with E-state index in [0.717, 1.165) is 5.52 Å². The molecule has 0 atom stereocenters. The highest BCUT2D eigenvalue weighted by Crippen LogP contribution is 2.12. The van der Waals surface area contributed by atoms with E-state index in [1.165, 1.54) is 0 Å². The number of Topliss-reactive ketones (excluding diaryl/α,β-unsaturated/α-hetero) is 1. The van der Waals surface area contributed by atoms with Crippen molar-refractivity contribution in [2.45, 2.75) is 19.8 Å². The average molecular weight is 212 g/mol. The zero-order valence-electron chi connectivity index (χ0n) is 9.10. The lowest BCUT2D eigenvalue weighted by Crippen LogP contribution is -1.97. The smallest absolute Gasteiger partial charge is 0.167 e. The fourth-order valence-corrected chi connectivity index (χ4v) is 1.59. The van der Waals surface area contributed by atoms with Crippen molar-refractivity contribution in [2.24, 2.45) is 0 Å². The van der Waals surface area contributed by atoms with Crippen LogP contribution in [0.2, 0.25) is 0 Å². The fraction of sp³-hybridized carbons (Fsp3) is 0.231. The molecule has 2 heterocycles. The number of carbonyl (C=O) groups is 1. The van der Waals surface area contributed by atoms with Gasteiger partial charge in [0.1, 0.15) is 0 Å². The Morgan fingerprint density at radius 3 is 3.19 bits per heavy atom. The van der Waals surface area contributed by atoms with Crippen LogP contribution in [0.3, 0.4) is 0 Å². The second-order valence-corrected chi connectivity index (χ2v) is 3.44. The van der Waals surface area contributed by atoms with Crippen LogP contribution in [0.25, 0.3) is 5.52 Å². The molecule has 80 valence electrons. The molecular weight excluding hydrogens is 200 g/mol. The lowest BCUT2D eigenvalue weighted by molar-refractivity contribution is 0.0986. The summed E-state index contributed by atoms with van der Waals surface area (Å²) in [6.45, 7) is 1.78. The molecule has 3 nitrogen and oxygen atoms in total. The van der Waals surface area contributed by atoms with Crippen molar-refractivity contribution in [3.63, 3.8) is 0 Å². The number of pyridine rings is 1. The van der Waals surface area contributed by atoms with E-state index in [0.29, 0.717) is 18.4 Å². The summed E-state index contributed by atoms with van der Waals surface area (Å²) in [5.41, 5.74) is 1.54. The van der Waals surface area contributed by atoms with Crippen LogP contribution in [-0.2, 0) is 0 Å². The number of hydrogen-bond acceptors (Lipinski definition) is 2. The van der Waals surface area contributed by atoms with Crippen LogP contribution in [0.4, 0.5) is 0 Å². The van der Waals surface area contributed by atoms with Crippen molar-refractivity contribution < 1.29 is 4.79 Å². The van der Waals surface area contributed by atoms with Crippen molar-refractivity contribution in [1.29, 1.82) is 0 Å². The van der Waals surface area contributed by atoms with Crippen LogP contribution in [0.1, 0.15) is 30.1 Å². The number of ketones is 1. The summed E-state index contributed by atoms with van der Waals surface area (Å²) in [4.78, 5) is 11.9. The molecule has 2 aromatic heterocycles. The van der Waals surface area contributed by atoms with Gasteiger partial charge in [0, 0.05) is 19.0 Å². The number of hydrogen-bond donors (Lipinski definition) is 0. The maximum absolute atomic E-state index is 11.9. The average Bonchev–Trinajstić information content (AvgIpc) is 2.73. The largest absolute Gasteiger partial charge is 0.294 e. The Morgan fingerprint density at radius 1 is 1.50 bits per heavy atom. The van der Waals surface area contributed by atoms with Crippen LogP contribution >= 0.6 is 0 Å². The summed E-state index contributed by atoms with van der Waals surface area (Å²) in [5, 5.41) is 4.13. The van der Waals surface area contributed by atoms with Gasteiger partial charge in [-0.05, 0) is 19.1 Å². The van der Waals surface area contributed by atoms with Gasteiger partial charge in [-0.15, -0.1) is 11.8 Å². The second-order valence-electron chi connectivity index (χ2n) is 3.44. The third kappa shape index (κ3) is 1.96. The van der Waals surface area contributed by atoms with Gasteiger partial charge in [0.2, 0.25) is 0 Å². The Morgan fingerprint density at radius 2 is 2.38 bits per heavy atom. The molecule has 3 heteroatoms. The summed E-state index contributed by atoms with van der Waals surface area (Å²) in [6, 6.07) is 5.68. The summed E-state index contributed by atoms with van der Waals surface area (Å²) in [7, 11) is 0. The van der Waals surface area contributed by atoms with E-state index in [9.17, 15) is 4.79 Å². The van der Waals surface area contributed by atoms with Gasteiger partial charge in [-0.2, -0.15) is 5.10 Å². The fourth-order valence-electron chi connectivity index (χ4n) is 1.59. The highest BCUT2D eigenvalue weighted by atomic mass is 16.1. The predicted octanol–water partition coefficient (Wildman–Crippen LogP) is 2.32. The quantitative estimate of drug-likeness (QED) is 0.578. The molecule has 0 aliphatic rings. The molecule has 0 amide bonds. The number of aromatic nitrogens is 2.